The van der Waals surface area contributed by atoms with Crippen molar-refractivity contribution in [1.29, 1.82) is 0 Å². The van der Waals surface area contributed by atoms with Crippen LogP contribution in [0.1, 0.15) is 6.92 Å². The maximum atomic E-state index is 9.47. The zero-order valence-electron chi connectivity index (χ0n) is 4.14. The van der Waals surface area contributed by atoms with Gasteiger partial charge >= 0.3 is 0 Å². The van der Waals surface area contributed by atoms with Gasteiger partial charge in [0.25, 0.3) is 0 Å². The molecule has 0 rings (SSSR count). The number of carbonyl (C=O) groups excluding carboxylic acids is 1. The fraction of sp³-hybridized carbons (Fsp3) is 0.167. The molecular weight excluding hydrogens is 88.1 g/mol. The van der Waals surface area contributed by atoms with Crippen LogP contribution < -0.4 is 0 Å². The summed E-state index contributed by atoms with van der Waals surface area (Å²) in [6.07, 6.45) is 3.96. The topological polar surface area (TPSA) is 17.1 Å². The normalized spacial score (nSPS) is 7.57. The molecule has 0 saturated heterocycles. The lowest BCUT2D eigenvalue weighted by Crippen LogP contribution is -1.54. The van der Waals surface area contributed by atoms with Crippen LogP contribution in [-0.2, 0) is 4.79 Å². The second kappa shape index (κ2) is 4.97. The van der Waals surface area contributed by atoms with E-state index in [1.807, 2.05) is 6.92 Å². The molecule has 0 aromatic rings. The minimum atomic E-state index is 0.569. The molecule has 0 aromatic heterocycles. The van der Waals surface area contributed by atoms with Crippen molar-refractivity contribution in [2.75, 3.05) is 0 Å². The largest absolute Gasteiger partial charge is 0.289 e. The Bertz CT molecular complexity index is 123. The van der Waals surface area contributed by atoms with Crippen molar-refractivity contribution < 1.29 is 4.79 Å². The fourth-order valence-corrected chi connectivity index (χ4v) is 0.165. The molecule has 0 unspecified atom stereocenters. The van der Waals surface area contributed by atoms with Crippen LogP contribution in [0.15, 0.2) is 12.2 Å². The average Bonchev–Trinajstić information content (AvgIpc) is 1.69. The first-order chi connectivity index (χ1) is 3.41. The van der Waals surface area contributed by atoms with Gasteiger partial charge in [-0.1, -0.05) is 12.0 Å². The van der Waals surface area contributed by atoms with Crippen LogP contribution in [0.5, 0.6) is 0 Å². The van der Waals surface area contributed by atoms with Crippen LogP contribution in [0, 0.1) is 11.8 Å². The molecule has 0 aliphatic carbocycles. The third-order valence-electron chi connectivity index (χ3n) is 0.392. The molecule has 0 amide bonds. The highest BCUT2D eigenvalue weighted by Gasteiger charge is 1.51. The molecule has 0 N–H and O–H groups in total. The molecule has 0 saturated carbocycles. The molecule has 0 atom stereocenters. The predicted molar refractivity (Wildman–Crippen MR) is 28.7 cm³/mol. The van der Waals surface area contributed by atoms with Gasteiger partial charge in [0.1, 0.15) is 0 Å². The fourth-order valence-electron chi connectivity index (χ4n) is 0.165. The highest BCUT2D eigenvalue weighted by molar-refractivity contribution is 5.73. The lowest BCUT2D eigenvalue weighted by molar-refractivity contribution is -0.103. The average molecular weight is 94.1 g/mol. The molecule has 0 bridgehead atoms. The minimum Gasteiger partial charge on any atom is -0.289 e. The molecule has 1 heteroatoms. The zero-order valence-corrected chi connectivity index (χ0v) is 4.14. The summed E-state index contributed by atoms with van der Waals surface area (Å²) in [5.74, 6) is 4.72. The lowest BCUT2D eigenvalue weighted by Gasteiger charge is -1.56. The summed E-state index contributed by atoms with van der Waals surface area (Å²) in [6, 6.07) is 0. The maximum Gasteiger partial charge on any atom is 0.193 e. The Balaban J connectivity index is 3.45. The third kappa shape index (κ3) is 4.97. The van der Waals surface area contributed by atoms with Gasteiger partial charge in [-0.05, 0) is 18.9 Å². The van der Waals surface area contributed by atoms with Crippen molar-refractivity contribution in [3.8, 4) is 11.8 Å². The van der Waals surface area contributed by atoms with Gasteiger partial charge < -0.3 is 0 Å². The molecule has 0 aliphatic heterocycles. The van der Waals surface area contributed by atoms with Crippen molar-refractivity contribution in [3.05, 3.63) is 12.2 Å². The molecular formula is C6H6O. The number of allylic oxidation sites excluding steroid dienone is 2. The smallest absolute Gasteiger partial charge is 0.193 e. The molecule has 0 spiro atoms. The van der Waals surface area contributed by atoms with Crippen molar-refractivity contribution in [2.45, 2.75) is 6.92 Å². The minimum absolute atomic E-state index is 0.569. The summed E-state index contributed by atoms with van der Waals surface area (Å²) < 4.78 is 0. The Labute approximate surface area is 43.0 Å². The highest BCUT2D eigenvalue weighted by atomic mass is 16.1. The third-order valence-corrected chi connectivity index (χ3v) is 0.392. The van der Waals surface area contributed by atoms with Crippen molar-refractivity contribution in [1.82, 2.24) is 0 Å². The van der Waals surface area contributed by atoms with Gasteiger partial charge in [0.2, 0.25) is 0 Å². The van der Waals surface area contributed by atoms with Gasteiger partial charge in [-0.2, -0.15) is 0 Å². The SMILES string of the molecule is CC=CC#CC=O. The second-order valence-corrected chi connectivity index (χ2v) is 0.907. The van der Waals surface area contributed by atoms with Gasteiger partial charge in [-0.3, -0.25) is 4.79 Å². The van der Waals surface area contributed by atoms with Crippen LogP contribution in [0.2, 0.25) is 0 Å². The van der Waals surface area contributed by atoms with Gasteiger partial charge in [-0.15, -0.1) is 0 Å². The summed E-state index contributed by atoms with van der Waals surface area (Å²) in [4.78, 5) is 9.47. The standard InChI is InChI=1S/C6H6O/c1-2-3-4-5-6-7/h2-3,6H,1H3. The Kier molecular flexibility index (Phi) is 4.24. The number of hydrogen-bond acceptors (Lipinski definition) is 1. The number of rotatable bonds is 0. The number of carbonyl (C=O) groups is 1. The van der Waals surface area contributed by atoms with Crippen molar-refractivity contribution >= 4 is 6.29 Å². The Morgan fingerprint density at radius 3 is 2.57 bits per heavy atom. The Hall–Kier alpha value is -1.03. The van der Waals surface area contributed by atoms with Crippen LogP contribution in [-0.4, -0.2) is 6.29 Å². The molecule has 0 fully saturated rings. The summed E-state index contributed by atoms with van der Waals surface area (Å²) in [6.45, 7) is 1.85. The molecule has 0 aliphatic rings. The first-order valence-corrected chi connectivity index (χ1v) is 1.97. The van der Waals surface area contributed by atoms with E-state index in [2.05, 4.69) is 11.8 Å². The van der Waals surface area contributed by atoms with E-state index in [1.54, 1.807) is 12.2 Å². The van der Waals surface area contributed by atoms with Gasteiger partial charge in [0, 0.05) is 0 Å². The Morgan fingerprint density at radius 1 is 1.43 bits per heavy atom. The van der Waals surface area contributed by atoms with Crippen LogP contribution in [0.4, 0.5) is 0 Å². The van der Waals surface area contributed by atoms with E-state index in [0.717, 1.165) is 0 Å². The van der Waals surface area contributed by atoms with Crippen molar-refractivity contribution in [3.63, 3.8) is 0 Å². The first kappa shape index (κ1) is 5.97. The lowest BCUT2D eigenvalue weighted by atomic mass is 10.5. The zero-order chi connectivity index (χ0) is 5.54. The van der Waals surface area contributed by atoms with E-state index in [1.165, 1.54) is 0 Å². The molecule has 1 nitrogen and oxygen atoms in total. The number of hydrogen-bond donors (Lipinski definition) is 0. The summed E-state index contributed by atoms with van der Waals surface area (Å²) >= 11 is 0. The van der Waals surface area contributed by atoms with Gasteiger partial charge in [-0.25, -0.2) is 0 Å². The quantitative estimate of drug-likeness (QED) is 0.320. The summed E-state index contributed by atoms with van der Waals surface area (Å²) in [5.41, 5.74) is 0. The monoisotopic (exact) mass is 94.0 g/mol. The molecule has 36 valence electrons. The van der Waals surface area contributed by atoms with E-state index in [0.29, 0.717) is 6.29 Å². The van der Waals surface area contributed by atoms with Gasteiger partial charge in [0.15, 0.2) is 6.29 Å². The highest BCUT2D eigenvalue weighted by Crippen LogP contribution is 1.61. The van der Waals surface area contributed by atoms with Crippen LogP contribution in [0.25, 0.3) is 0 Å². The molecule has 0 heterocycles. The second-order valence-electron chi connectivity index (χ2n) is 0.907. The Morgan fingerprint density at radius 2 is 2.14 bits per heavy atom. The van der Waals surface area contributed by atoms with E-state index in [-0.39, 0.29) is 0 Å². The molecule has 0 aromatic carbocycles. The van der Waals surface area contributed by atoms with E-state index in [4.69, 9.17) is 0 Å². The van der Waals surface area contributed by atoms with Gasteiger partial charge in [0.05, 0.1) is 0 Å². The predicted octanol–water partition coefficient (Wildman–Crippen LogP) is 0.765. The van der Waals surface area contributed by atoms with Crippen molar-refractivity contribution in [2.24, 2.45) is 0 Å². The summed E-state index contributed by atoms with van der Waals surface area (Å²) in [5, 5.41) is 0. The molecule has 0 radical (unpaired) electrons. The van der Waals surface area contributed by atoms with Crippen LogP contribution in [0.3, 0.4) is 0 Å². The van der Waals surface area contributed by atoms with E-state index >= 15 is 0 Å². The number of aldehydes is 1. The molecule has 7 heavy (non-hydrogen) atoms. The maximum absolute atomic E-state index is 9.47. The summed E-state index contributed by atoms with van der Waals surface area (Å²) in [7, 11) is 0. The van der Waals surface area contributed by atoms with Crippen LogP contribution >= 0.6 is 0 Å². The van der Waals surface area contributed by atoms with E-state index in [9.17, 15) is 4.79 Å². The van der Waals surface area contributed by atoms with E-state index < -0.39 is 0 Å². The first-order valence-electron chi connectivity index (χ1n) is 1.97.